The number of aromatic amines is 1. The molecule has 37 heavy (non-hydrogen) atoms. The van der Waals surface area contributed by atoms with Gasteiger partial charge in [0.2, 0.25) is 5.95 Å². The number of carboxylic acid groups (broad SMARTS) is 1. The van der Waals surface area contributed by atoms with Crippen molar-refractivity contribution in [2.45, 2.75) is 18.3 Å². The van der Waals surface area contributed by atoms with Crippen LogP contribution in [0.5, 0.6) is 5.75 Å². The maximum atomic E-state index is 13.5. The zero-order valence-electron chi connectivity index (χ0n) is 18.4. The molecule has 190 valence electrons. The molecule has 1 atom stereocenters. The number of H-pyrrole nitrogens is 1. The minimum absolute atomic E-state index is 0.109. The summed E-state index contributed by atoms with van der Waals surface area (Å²) >= 11 is 0. The normalized spacial score (nSPS) is 17.4. The van der Waals surface area contributed by atoms with Gasteiger partial charge in [0, 0.05) is 22.8 Å². The van der Waals surface area contributed by atoms with Gasteiger partial charge in [0.1, 0.15) is 11.8 Å². The first-order chi connectivity index (χ1) is 17.5. The fourth-order valence-electron chi connectivity index (χ4n) is 4.22. The highest BCUT2D eigenvalue weighted by Crippen LogP contribution is 2.46. The molecule has 9 nitrogen and oxygen atoms in total. The molecule has 0 saturated carbocycles. The average molecular weight is 515 g/mol. The van der Waals surface area contributed by atoms with Gasteiger partial charge in [0.25, 0.3) is 5.91 Å². The Labute approximate surface area is 204 Å². The maximum absolute atomic E-state index is 13.5. The van der Waals surface area contributed by atoms with Gasteiger partial charge in [-0.1, -0.05) is 30.3 Å². The summed E-state index contributed by atoms with van der Waals surface area (Å²) in [6.07, 6.45) is -10.5. The third-order valence-electron chi connectivity index (χ3n) is 5.75. The van der Waals surface area contributed by atoms with Crippen molar-refractivity contribution in [3.8, 4) is 5.75 Å². The maximum Gasteiger partial charge on any atom is 0.461 e. The Bertz CT molecular complexity index is 1540. The molecule has 1 unspecified atom stereocenters. The molecular weight excluding hydrogens is 500 g/mol. The van der Waals surface area contributed by atoms with Gasteiger partial charge < -0.3 is 30.0 Å². The van der Waals surface area contributed by atoms with Crippen LogP contribution in [0.15, 0.2) is 66.7 Å². The van der Waals surface area contributed by atoms with E-state index in [0.29, 0.717) is 11.0 Å². The smallest absolute Gasteiger partial charge is 0.461 e. The van der Waals surface area contributed by atoms with Crippen molar-refractivity contribution in [1.82, 2.24) is 9.97 Å². The SMILES string of the molecule is O=C([O-])Nc1nc2ccc(C3(O)c4ccccc4C(=O)N3c3cccc(OC(F)(F)C(F)F)c3)cc2[nH]1. The number of amides is 2. The predicted octanol–water partition coefficient (Wildman–Crippen LogP) is 3.41. The van der Waals surface area contributed by atoms with E-state index in [9.17, 15) is 37.4 Å². The lowest BCUT2D eigenvalue weighted by molar-refractivity contribution is -0.253. The molecule has 4 aromatic rings. The predicted molar refractivity (Wildman–Crippen MR) is 119 cm³/mol. The number of carbonyl (C=O) groups is 2. The molecule has 0 aliphatic carbocycles. The molecule has 3 N–H and O–H groups in total. The lowest BCUT2D eigenvalue weighted by atomic mass is 9.93. The largest absolute Gasteiger partial charge is 0.530 e. The van der Waals surface area contributed by atoms with Crippen LogP contribution in [0.25, 0.3) is 11.0 Å². The molecule has 1 aromatic heterocycles. The van der Waals surface area contributed by atoms with Gasteiger partial charge in [0.15, 0.2) is 5.72 Å². The first-order valence-electron chi connectivity index (χ1n) is 10.6. The van der Waals surface area contributed by atoms with Crippen molar-refractivity contribution >= 4 is 34.7 Å². The van der Waals surface area contributed by atoms with Crippen LogP contribution in [0.1, 0.15) is 21.5 Å². The first-order valence-corrected chi connectivity index (χ1v) is 10.6. The van der Waals surface area contributed by atoms with Crippen LogP contribution in [0.4, 0.5) is 34.0 Å². The van der Waals surface area contributed by atoms with Crippen LogP contribution in [-0.2, 0) is 5.72 Å². The standard InChI is InChI=1S/C24H16F4N4O5/c25-20(26)24(27,28)37-14-5-3-4-13(11-14)32-19(33)15-6-1-2-7-16(15)23(32,36)12-8-9-17-18(10-12)30-21(29-17)31-22(34)35/h1-11,20,36H,(H,34,35)(H2,29,30,31)/p-1. The summed E-state index contributed by atoms with van der Waals surface area (Å²) in [4.78, 5) is 31.9. The van der Waals surface area contributed by atoms with Crippen molar-refractivity contribution < 1.29 is 42.1 Å². The molecule has 0 radical (unpaired) electrons. The van der Waals surface area contributed by atoms with Crippen LogP contribution in [0, 0.1) is 0 Å². The van der Waals surface area contributed by atoms with Crippen molar-refractivity contribution in [1.29, 1.82) is 0 Å². The number of nitrogens with one attached hydrogen (secondary N) is 2. The monoisotopic (exact) mass is 515 g/mol. The molecule has 2 amide bonds. The van der Waals surface area contributed by atoms with E-state index >= 15 is 0 Å². The Balaban J connectivity index is 1.64. The topological polar surface area (TPSA) is 131 Å². The summed E-state index contributed by atoms with van der Waals surface area (Å²) in [5, 5.41) is 24.9. The first kappa shape index (κ1) is 24.1. The minimum Gasteiger partial charge on any atom is -0.530 e. The molecule has 0 bridgehead atoms. The number of aliphatic hydroxyl groups is 1. The second-order valence-corrected chi connectivity index (χ2v) is 8.05. The van der Waals surface area contributed by atoms with Gasteiger partial charge in [0.05, 0.1) is 16.7 Å². The highest BCUT2D eigenvalue weighted by Gasteiger charge is 2.51. The van der Waals surface area contributed by atoms with E-state index in [-0.39, 0.29) is 28.3 Å². The van der Waals surface area contributed by atoms with E-state index in [1.54, 1.807) is 12.1 Å². The summed E-state index contributed by atoms with van der Waals surface area (Å²) in [5.74, 6) is -1.49. The number of carbonyl (C=O) groups excluding carboxylic acids is 2. The van der Waals surface area contributed by atoms with Gasteiger partial charge in [-0.25, -0.2) is 4.98 Å². The molecule has 1 aliphatic heterocycles. The van der Waals surface area contributed by atoms with Crippen LogP contribution < -0.4 is 20.1 Å². The van der Waals surface area contributed by atoms with Crippen molar-refractivity contribution in [3.05, 3.63) is 83.4 Å². The van der Waals surface area contributed by atoms with Gasteiger partial charge in [-0.15, -0.1) is 0 Å². The summed E-state index contributed by atoms with van der Waals surface area (Å²) in [6.45, 7) is 0. The Morgan fingerprint density at radius 2 is 1.89 bits per heavy atom. The van der Waals surface area contributed by atoms with Crippen LogP contribution >= 0.6 is 0 Å². The van der Waals surface area contributed by atoms with E-state index in [1.807, 2.05) is 5.32 Å². The molecule has 1 aliphatic rings. The van der Waals surface area contributed by atoms with Crippen molar-refractivity contribution in [2.75, 3.05) is 10.2 Å². The molecule has 0 fully saturated rings. The molecule has 13 heteroatoms. The molecule has 2 heterocycles. The molecule has 3 aromatic carbocycles. The Hall–Kier alpha value is -4.65. The number of ether oxygens (including phenoxy) is 1. The third-order valence-corrected chi connectivity index (χ3v) is 5.75. The molecule has 5 rings (SSSR count). The number of benzene rings is 3. The quantitative estimate of drug-likeness (QED) is 0.338. The highest BCUT2D eigenvalue weighted by molar-refractivity contribution is 6.12. The highest BCUT2D eigenvalue weighted by atomic mass is 19.3. The van der Waals surface area contributed by atoms with Crippen molar-refractivity contribution in [2.24, 2.45) is 0 Å². The van der Waals surface area contributed by atoms with E-state index < -0.39 is 36.0 Å². The van der Waals surface area contributed by atoms with Gasteiger partial charge >= 0.3 is 12.5 Å². The van der Waals surface area contributed by atoms with Crippen LogP contribution in [-0.4, -0.2) is 39.6 Å². The fraction of sp³-hybridized carbons (Fsp3) is 0.125. The number of halogens is 4. The van der Waals surface area contributed by atoms with Gasteiger partial charge in [-0.05, 0) is 30.3 Å². The van der Waals surface area contributed by atoms with Crippen LogP contribution in [0.2, 0.25) is 0 Å². The Morgan fingerprint density at radius 1 is 1.14 bits per heavy atom. The average Bonchev–Trinajstić information content (AvgIpc) is 3.34. The van der Waals surface area contributed by atoms with E-state index in [2.05, 4.69) is 14.7 Å². The zero-order valence-corrected chi connectivity index (χ0v) is 18.4. The van der Waals surface area contributed by atoms with Gasteiger partial charge in [-0.2, -0.15) is 17.6 Å². The molecule has 0 saturated heterocycles. The summed E-state index contributed by atoms with van der Waals surface area (Å²) < 4.78 is 56.5. The van der Waals surface area contributed by atoms with Crippen LogP contribution in [0.3, 0.4) is 0 Å². The number of alkyl halides is 4. The third kappa shape index (κ3) is 3.98. The lowest BCUT2D eigenvalue weighted by Crippen LogP contribution is -2.45. The summed E-state index contributed by atoms with van der Waals surface area (Å²) in [6, 6.07) is 14.9. The van der Waals surface area contributed by atoms with Crippen molar-refractivity contribution in [3.63, 3.8) is 0 Å². The number of hydrogen-bond acceptors (Lipinski definition) is 6. The lowest BCUT2D eigenvalue weighted by Gasteiger charge is -2.35. The summed E-state index contributed by atoms with van der Waals surface area (Å²) in [7, 11) is 0. The number of anilines is 2. The Kier molecular flexibility index (Phi) is 5.52. The number of hydrogen-bond donors (Lipinski definition) is 3. The zero-order chi connectivity index (χ0) is 26.5. The van der Waals surface area contributed by atoms with Gasteiger partial charge in [-0.3, -0.25) is 9.69 Å². The van der Waals surface area contributed by atoms with E-state index in [4.69, 9.17) is 0 Å². The van der Waals surface area contributed by atoms with E-state index in [0.717, 1.165) is 17.0 Å². The number of imidazole rings is 1. The second kappa shape index (κ2) is 8.48. The number of fused-ring (bicyclic) bond motifs is 2. The summed E-state index contributed by atoms with van der Waals surface area (Å²) in [5.41, 5.74) is -1.28. The number of aromatic nitrogens is 2. The molecule has 0 spiro atoms. The number of nitrogens with zero attached hydrogens (tertiary/aromatic N) is 2. The minimum atomic E-state index is -4.78. The Morgan fingerprint density at radius 3 is 2.62 bits per heavy atom. The fourth-order valence-corrected chi connectivity index (χ4v) is 4.22. The van der Waals surface area contributed by atoms with E-state index in [1.165, 1.54) is 42.5 Å². The second-order valence-electron chi connectivity index (χ2n) is 8.05. The molecular formula is C24H15F4N4O5-. The number of rotatable bonds is 6.